The van der Waals surface area contributed by atoms with Crippen molar-refractivity contribution in [1.29, 1.82) is 0 Å². The van der Waals surface area contributed by atoms with E-state index < -0.39 is 5.97 Å². The van der Waals surface area contributed by atoms with Gasteiger partial charge in [-0.3, -0.25) is 4.79 Å². The van der Waals surface area contributed by atoms with Crippen LogP contribution in [-0.4, -0.2) is 46.2 Å². The average Bonchev–Trinajstić information content (AvgIpc) is 3.42. The lowest BCUT2D eigenvalue weighted by molar-refractivity contribution is -0.139. The van der Waals surface area contributed by atoms with Crippen LogP contribution < -0.4 is 0 Å². The third kappa shape index (κ3) is 3.95. The molecule has 4 rings (SSSR count). The van der Waals surface area contributed by atoms with E-state index in [1.807, 2.05) is 6.08 Å². The number of aliphatic hydroxyl groups is 3. The number of aliphatic hydroxyl groups excluding tert-OH is 3. The number of hydrogen-bond donors (Lipinski definition) is 4. The minimum Gasteiger partial charge on any atom is -0.481 e. The molecule has 0 saturated heterocycles. The molecule has 8 atom stereocenters. The molecule has 0 bridgehead atoms. The van der Waals surface area contributed by atoms with Crippen LogP contribution in [0, 0.1) is 45.3 Å². The molecule has 0 heterocycles. The van der Waals surface area contributed by atoms with Crippen molar-refractivity contribution >= 4 is 5.97 Å². The van der Waals surface area contributed by atoms with Gasteiger partial charge in [-0.25, -0.2) is 0 Å². The molecule has 5 nitrogen and oxygen atoms in total. The fourth-order valence-electron chi connectivity index (χ4n) is 10.2. The Morgan fingerprint density at radius 3 is 2.37 bits per heavy atom. The van der Waals surface area contributed by atoms with Gasteiger partial charge in [0.05, 0.1) is 13.2 Å². The Morgan fingerprint density at radius 2 is 1.77 bits per heavy atom. The van der Waals surface area contributed by atoms with Gasteiger partial charge in [-0.1, -0.05) is 32.1 Å². The third-order valence-corrected chi connectivity index (χ3v) is 12.1. The molecule has 4 aliphatic rings. The lowest BCUT2D eigenvalue weighted by Crippen LogP contribution is -2.54. The zero-order valence-electron chi connectivity index (χ0n) is 22.2. The number of fused-ring (bicyclic) bond motifs is 2. The summed E-state index contributed by atoms with van der Waals surface area (Å²) in [6.45, 7) is 11.5. The Bertz CT molecular complexity index is 859. The normalized spacial score (nSPS) is 42.4. The zero-order valence-corrected chi connectivity index (χ0v) is 22.2. The van der Waals surface area contributed by atoms with Gasteiger partial charge in [-0.2, -0.15) is 0 Å². The van der Waals surface area contributed by atoms with Gasteiger partial charge >= 0.3 is 5.97 Å². The summed E-state index contributed by atoms with van der Waals surface area (Å²) in [5, 5.41) is 38.6. The molecule has 5 heteroatoms. The average molecular weight is 489 g/mol. The molecule has 0 radical (unpaired) electrons. The Labute approximate surface area is 211 Å². The minimum absolute atomic E-state index is 0.113. The molecule has 4 aliphatic carbocycles. The number of aliphatic carboxylic acids is 1. The molecular formula is C30H48O5. The highest BCUT2D eigenvalue weighted by atomic mass is 16.4. The Hall–Kier alpha value is -1.17. The highest BCUT2D eigenvalue weighted by molar-refractivity contribution is 5.67. The molecule has 4 fully saturated rings. The predicted octanol–water partition coefficient (Wildman–Crippen LogP) is 5.35. The smallest absolute Gasteiger partial charge is 0.303 e. The Morgan fingerprint density at radius 1 is 1.06 bits per heavy atom. The van der Waals surface area contributed by atoms with Crippen molar-refractivity contribution < 1.29 is 25.2 Å². The van der Waals surface area contributed by atoms with Crippen LogP contribution in [0.5, 0.6) is 0 Å². The van der Waals surface area contributed by atoms with Crippen LogP contribution in [0.3, 0.4) is 0 Å². The van der Waals surface area contributed by atoms with Crippen LogP contribution in [0.15, 0.2) is 23.8 Å². The van der Waals surface area contributed by atoms with Crippen LogP contribution >= 0.6 is 0 Å². The van der Waals surface area contributed by atoms with Crippen molar-refractivity contribution in [1.82, 2.24) is 0 Å². The molecule has 0 aromatic carbocycles. The first-order chi connectivity index (χ1) is 16.5. The second kappa shape index (κ2) is 9.61. The molecule has 198 valence electrons. The van der Waals surface area contributed by atoms with Gasteiger partial charge in [0.2, 0.25) is 0 Å². The second-order valence-electron chi connectivity index (χ2n) is 13.1. The monoisotopic (exact) mass is 488 g/mol. The highest BCUT2D eigenvalue weighted by Gasteiger charge is 2.80. The van der Waals surface area contributed by atoms with Gasteiger partial charge in [-0.05, 0) is 122 Å². The van der Waals surface area contributed by atoms with Crippen molar-refractivity contribution in [2.24, 2.45) is 45.3 Å². The van der Waals surface area contributed by atoms with Gasteiger partial charge in [0.15, 0.2) is 0 Å². The molecule has 0 aromatic rings. The van der Waals surface area contributed by atoms with Gasteiger partial charge in [0.1, 0.15) is 0 Å². The molecule has 4 N–H and O–H groups in total. The number of allylic oxidation sites excluding steroid dienone is 2. The summed E-state index contributed by atoms with van der Waals surface area (Å²) < 4.78 is 0. The van der Waals surface area contributed by atoms with Crippen molar-refractivity contribution in [3.63, 3.8) is 0 Å². The van der Waals surface area contributed by atoms with Crippen LogP contribution in [0.25, 0.3) is 0 Å². The maximum atomic E-state index is 11.6. The summed E-state index contributed by atoms with van der Waals surface area (Å²) in [5.41, 5.74) is 2.67. The van der Waals surface area contributed by atoms with Crippen molar-refractivity contribution in [2.45, 2.75) is 91.4 Å². The fraction of sp³-hybridized carbons (Fsp3) is 0.833. The summed E-state index contributed by atoms with van der Waals surface area (Å²) in [7, 11) is 0. The van der Waals surface area contributed by atoms with Gasteiger partial charge in [-0.15, -0.1) is 0 Å². The largest absolute Gasteiger partial charge is 0.481 e. The maximum Gasteiger partial charge on any atom is 0.303 e. The molecule has 35 heavy (non-hydrogen) atoms. The van der Waals surface area contributed by atoms with Crippen LogP contribution in [0.2, 0.25) is 0 Å². The first-order valence-electron chi connectivity index (χ1n) is 13.9. The van der Waals surface area contributed by atoms with Crippen molar-refractivity contribution in [3.8, 4) is 0 Å². The lowest BCUT2D eigenvalue weighted by Gasteiger charge is -2.61. The van der Waals surface area contributed by atoms with Crippen molar-refractivity contribution in [2.75, 3.05) is 19.8 Å². The number of carbonyl (C=O) groups is 1. The van der Waals surface area contributed by atoms with E-state index in [1.54, 1.807) is 0 Å². The van der Waals surface area contributed by atoms with Gasteiger partial charge in [0, 0.05) is 13.0 Å². The second-order valence-corrected chi connectivity index (χ2v) is 13.1. The summed E-state index contributed by atoms with van der Waals surface area (Å²) in [4.78, 5) is 11.6. The molecule has 1 spiro atoms. The highest BCUT2D eigenvalue weighted by Crippen LogP contribution is 2.87. The van der Waals surface area contributed by atoms with Crippen LogP contribution in [0.4, 0.5) is 0 Å². The van der Waals surface area contributed by atoms with Gasteiger partial charge < -0.3 is 20.4 Å². The van der Waals surface area contributed by atoms with Crippen LogP contribution in [0.1, 0.15) is 91.4 Å². The SMILES string of the molecule is C=C(C)C1CCC2C3(C)CCC(C(CO)CCC=C(CO)CO)C3(C)CCC23CC13CCC(=O)O. The molecule has 0 aliphatic heterocycles. The molecule has 0 aromatic heterocycles. The summed E-state index contributed by atoms with van der Waals surface area (Å²) in [6.07, 6.45) is 12.9. The number of rotatable bonds is 11. The first-order valence-corrected chi connectivity index (χ1v) is 13.9. The standard InChI is InChI=1S/C30H48O5/c1-20(2)23-8-9-25-28(4)12-10-24(22(18-33)7-5-6-21(16-31)17-32)27(28,3)14-15-30(25)19-29(23,30)13-11-26(34)35/h6,22-25,31-33H,1,5,7-19H2,2-4H3,(H,34,35). The van der Waals surface area contributed by atoms with Crippen molar-refractivity contribution in [3.05, 3.63) is 23.8 Å². The lowest BCUT2D eigenvalue weighted by atomic mass is 9.43. The van der Waals surface area contributed by atoms with E-state index in [1.165, 1.54) is 31.3 Å². The van der Waals surface area contributed by atoms with E-state index in [4.69, 9.17) is 0 Å². The Kier molecular flexibility index (Phi) is 7.38. The molecular weight excluding hydrogens is 440 g/mol. The summed E-state index contributed by atoms with van der Waals surface area (Å²) in [6, 6.07) is 0. The molecule has 4 saturated carbocycles. The maximum absolute atomic E-state index is 11.6. The van der Waals surface area contributed by atoms with Gasteiger partial charge in [0.25, 0.3) is 0 Å². The van der Waals surface area contributed by atoms with E-state index in [9.17, 15) is 25.2 Å². The molecule has 0 amide bonds. The fourth-order valence-corrected chi connectivity index (χ4v) is 10.2. The Balaban J connectivity index is 1.58. The third-order valence-electron chi connectivity index (χ3n) is 12.1. The van der Waals surface area contributed by atoms with E-state index in [0.29, 0.717) is 23.3 Å². The zero-order chi connectivity index (χ0) is 25.6. The number of carboxylic acids is 1. The molecule has 8 unspecified atom stereocenters. The number of hydrogen-bond acceptors (Lipinski definition) is 4. The summed E-state index contributed by atoms with van der Waals surface area (Å²) in [5.74, 6) is 1.10. The van der Waals surface area contributed by atoms with Crippen LogP contribution in [-0.2, 0) is 4.79 Å². The minimum atomic E-state index is -0.679. The number of carboxylic acid groups (broad SMARTS) is 1. The van der Waals surface area contributed by atoms with E-state index in [2.05, 4.69) is 27.4 Å². The topological polar surface area (TPSA) is 98.0 Å². The first kappa shape index (κ1) is 26.9. The van der Waals surface area contributed by atoms with E-state index in [-0.39, 0.29) is 53.8 Å². The predicted molar refractivity (Wildman–Crippen MR) is 138 cm³/mol. The summed E-state index contributed by atoms with van der Waals surface area (Å²) >= 11 is 0. The quantitative estimate of drug-likeness (QED) is 0.294. The van der Waals surface area contributed by atoms with E-state index >= 15 is 0 Å². The van der Waals surface area contributed by atoms with E-state index in [0.717, 1.165) is 38.5 Å².